The van der Waals surface area contributed by atoms with Crippen molar-refractivity contribution in [2.24, 2.45) is 5.92 Å². The smallest absolute Gasteiger partial charge is 0.209 e. The Bertz CT molecular complexity index is 307. The maximum atomic E-state index is 10.9. The fraction of sp³-hybridized carbons (Fsp3) is 0.857. The zero-order chi connectivity index (χ0) is 14.0. The van der Waals surface area contributed by atoms with Gasteiger partial charge in [0.05, 0.1) is 0 Å². The molecule has 0 heterocycles. The van der Waals surface area contributed by atoms with Gasteiger partial charge >= 0.3 is 0 Å². The second kappa shape index (κ2) is 5.29. The third-order valence-corrected chi connectivity index (χ3v) is 5.14. The van der Waals surface area contributed by atoms with E-state index in [0.29, 0.717) is 5.92 Å². The van der Waals surface area contributed by atoms with E-state index in [-0.39, 0.29) is 11.1 Å². The largest absolute Gasteiger partial charge is 0.343 e. The third kappa shape index (κ3) is 2.68. The summed E-state index contributed by atoms with van der Waals surface area (Å²) in [5, 5.41) is 0. The Hall–Kier alpha value is -1.06. The predicted octanol–water partition coefficient (Wildman–Crippen LogP) is 1.89. The Labute approximate surface area is 110 Å². The van der Waals surface area contributed by atoms with Gasteiger partial charge in [0, 0.05) is 25.2 Å². The van der Waals surface area contributed by atoms with Crippen LogP contribution >= 0.6 is 0 Å². The van der Waals surface area contributed by atoms with E-state index in [1.165, 1.54) is 0 Å². The molecule has 0 unspecified atom stereocenters. The van der Waals surface area contributed by atoms with Crippen LogP contribution in [0.1, 0.15) is 46.5 Å². The van der Waals surface area contributed by atoms with Gasteiger partial charge < -0.3 is 9.80 Å². The van der Waals surface area contributed by atoms with Gasteiger partial charge in [-0.05, 0) is 52.4 Å². The lowest BCUT2D eigenvalue weighted by Gasteiger charge is -2.48. The summed E-state index contributed by atoms with van der Waals surface area (Å²) in [7, 11) is 3.70. The topological polar surface area (TPSA) is 40.6 Å². The first kappa shape index (κ1) is 15.0. The Morgan fingerprint density at radius 2 is 1.61 bits per heavy atom. The van der Waals surface area contributed by atoms with Crippen LogP contribution in [0.25, 0.3) is 0 Å². The van der Waals surface area contributed by atoms with Crippen molar-refractivity contribution in [2.75, 3.05) is 14.1 Å². The van der Waals surface area contributed by atoms with Gasteiger partial charge in [0.15, 0.2) is 0 Å². The number of amides is 2. The minimum Gasteiger partial charge on any atom is -0.343 e. The normalized spacial score (nSPS) is 28.6. The maximum Gasteiger partial charge on any atom is 0.209 e. The molecule has 0 radical (unpaired) electrons. The molecule has 0 spiro atoms. The van der Waals surface area contributed by atoms with E-state index < -0.39 is 0 Å². The molecule has 0 aromatic heterocycles. The molecule has 4 heteroatoms. The lowest BCUT2D eigenvalue weighted by atomic mass is 9.70. The first-order valence-electron chi connectivity index (χ1n) is 6.64. The summed E-state index contributed by atoms with van der Waals surface area (Å²) in [5.74, 6) is 0.501. The number of nitrogens with zero attached hydrogens (tertiary/aromatic N) is 2. The van der Waals surface area contributed by atoms with Crippen LogP contribution in [0, 0.1) is 5.92 Å². The standard InChI is InChI=1S/C14H26N2O2/c1-13(2,15(4)10-17)12-6-8-14(3,9-7-12)16(5)11-18/h10-12H,6-9H2,1-5H3. The van der Waals surface area contributed by atoms with Crippen LogP contribution in [0.2, 0.25) is 0 Å². The van der Waals surface area contributed by atoms with E-state index in [1.807, 2.05) is 14.1 Å². The molecule has 1 fully saturated rings. The summed E-state index contributed by atoms with van der Waals surface area (Å²) in [5.41, 5.74) is -0.128. The molecular formula is C14H26N2O2. The molecule has 0 saturated heterocycles. The fourth-order valence-corrected chi connectivity index (χ4v) is 2.85. The molecular weight excluding hydrogens is 228 g/mol. The average Bonchev–Trinajstić information content (AvgIpc) is 2.37. The fourth-order valence-electron chi connectivity index (χ4n) is 2.85. The Balaban J connectivity index is 2.69. The SMILES string of the molecule is CN(C=O)C1(C)CCC(C(C)(C)N(C)C=O)CC1. The minimum atomic E-state index is -0.108. The van der Waals surface area contributed by atoms with Gasteiger partial charge in [-0.2, -0.15) is 0 Å². The van der Waals surface area contributed by atoms with Crippen LogP contribution in [-0.2, 0) is 9.59 Å². The van der Waals surface area contributed by atoms with E-state index in [0.717, 1.165) is 38.5 Å². The first-order valence-corrected chi connectivity index (χ1v) is 6.64. The van der Waals surface area contributed by atoms with Crippen molar-refractivity contribution >= 4 is 12.8 Å². The lowest BCUT2D eigenvalue weighted by molar-refractivity contribution is -0.125. The predicted molar refractivity (Wildman–Crippen MR) is 72.1 cm³/mol. The summed E-state index contributed by atoms with van der Waals surface area (Å²) < 4.78 is 0. The maximum absolute atomic E-state index is 10.9. The average molecular weight is 254 g/mol. The van der Waals surface area contributed by atoms with E-state index in [9.17, 15) is 9.59 Å². The Kier molecular flexibility index (Phi) is 4.41. The highest BCUT2D eigenvalue weighted by atomic mass is 16.1. The zero-order valence-electron chi connectivity index (χ0n) is 12.3. The van der Waals surface area contributed by atoms with Crippen LogP contribution in [0.3, 0.4) is 0 Å². The third-order valence-electron chi connectivity index (χ3n) is 5.14. The molecule has 1 aliphatic carbocycles. The molecule has 1 aliphatic rings. The molecule has 0 aliphatic heterocycles. The summed E-state index contributed by atoms with van der Waals surface area (Å²) in [6.07, 6.45) is 5.94. The Morgan fingerprint density at radius 1 is 1.11 bits per heavy atom. The van der Waals surface area contributed by atoms with Crippen LogP contribution in [0.5, 0.6) is 0 Å². The van der Waals surface area contributed by atoms with Gasteiger partial charge in [-0.1, -0.05) is 0 Å². The molecule has 104 valence electrons. The summed E-state index contributed by atoms with van der Waals surface area (Å²) in [4.78, 5) is 25.4. The van der Waals surface area contributed by atoms with Gasteiger partial charge in [-0.15, -0.1) is 0 Å². The molecule has 0 aromatic carbocycles. The second-order valence-corrected chi connectivity index (χ2v) is 6.36. The molecule has 0 aromatic rings. The number of rotatable bonds is 5. The van der Waals surface area contributed by atoms with E-state index in [2.05, 4.69) is 20.8 Å². The van der Waals surface area contributed by atoms with Crippen molar-refractivity contribution in [3.8, 4) is 0 Å². The number of hydrogen-bond donors (Lipinski definition) is 0. The molecule has 1 rings (SSSR count). The van der Waals surface area contributed by atoms with Crippen LogP contribution in [-0.4, -0.2) is 47.8 Å². The molecule has 0 bridgehead atoms. The zero-order valence-corrected chi connectivity index (χ0v) is 12.3. The van der Waals surface area contributed by atoms with Crippen molar-refractivity contribution in [1.29, 1.82) is 0 Å². The van der Waals surface area contributed by atoms with Gasteiger partial charge in [-0.25, -0.2) is 0 Å². The van der Waals surface area contributed by atoms with E-state index >= 15 is 0 Å². The Morgan fingerprint density at radius 3 is 2.00 bits per heavy atom. The first-order chi connectivity index (χ1) is 8.28. The van der Waals surface area contributed by atoms with E-state index in [1.54, 1.807) is 9.80 Å². The summed E-state index contributed by atoms with van der Waals surface area (Å²) >= 11 is 0. The molecule has 0 N–H and O–H groups in total. The highest BCUT2D eigenvalue weighted by Gasteiger charge is 2.41. The molecule has 1 saturated carbocycles. The molecule has 2 amide bonds. The van der Waals surface area contributed by atoms with Crippen molar-refractivity contribution in [1.82, 2.24) is 9.80 Å². The van der Waals surface area contributed by atoms with Crippen molar-refractivity contribution in [2.45, 2.75) is 57.5 Å². The van der Waals surface area contributed by atoms with Crippen molar-refractivity contribution < 1.29 is 9.59 Å². The van der Waals surface area contributed by atoms with Gasteiger partial charge in [-0.3, -0.25) is 9.59 Å². The molecule has 0 atom stereocenters. The van der Waals surface area contributed by atoms with Gasteiger partial charge in [0.25, 0.3) is 0 Å². The number of hydrogen-bond acceptors (Lipinski definition) is 2. The van der Waals surface area contributed by atoms with Gasteiger partial charge in [0.2, 0.25) is 12.8 Å². The van der Waals surface area contributed by atoms with Crippen LogP contribution in [0.4, 0.5) is 0 Å². The van der Waals surface area contributed by atoms with Crippen molar-refractivity contribution in [3.05, 3.63) is 0 Å². The highest BCUT2D eigenvalue weighted by Crippen LogP contribution is 2.41. The lowest BCUT2D eigenvalue weighted by Crippen LogP contribution is -2.52. The highest BCUT2D eigenvalue weighted by molar-refractivity contribution is 5.49. The quantitative estimate of drug-likeness (QED) is 0.703. The number of carbonyl (C=O) groups excluding carboxylic acids is 2. The number of carbonyl (C=O) groups is 2. The summed E-state index contributed by atoms with van der Waals surface area (Å²) in [6.45, 7) is 6.39. The van der Waals surface area contributed by atoms with Crippen molar-refractivity contribution in [3.63, 3.8) is 0 Å². The summed E-state index contributed by atoms with van der Waals surface area (Å²) in [6, 6.07) is 0. The minimum absolute atomic E-state index is 0.0198. The second-order valence-electron chi connectivity index (χ2n) is 6.36. The van der Waals surface area contributed by atoms with E-state index in [4.69, 9.17) is 0 Å². The van der Waals surface area contributed by atoms with Crippen LogP contribution < -0.4 is 0 Å². The molecule has 18 heavy (non-hydrogen) atoms. The monoisotopic (exact) mass is 254 g/mol. The van der Waals surface area contributed by atoms with Crippen LogP contribution in [0.15, 0.2) is 0 Å². The van der Waals surface area contributed by atoms with Gasteiger partial charge in [0.1, 0.15) is 0 Å². The molecule has 4 nitrogen and oxygen atoms in total.